The highest BCUT2D eigenvalue weighted by Crippen LogP contribution is 2.42. The van der Waals surface area contributed by atoms with Gasteiger partial charge in [0.2, 0.25) is 0 Å². The molecule has 0 aromatic heterocycles. The summed E-state index contributed by atoms with van der Waals surface area (Å²) >= 11 is 0. The summed E-state index contributed by atoms with van der Waals surface area (Å²) in [6.07, 6.45) is -0.650. The minimum Gasteiger partial charge on any atom is -0.497 e. The van der Waals surface area contributed by atoms with Crippen molar-refractivity contribution in [1.82, 2.24) is 4.90 Å². The first-order valence-electron chi connectivity index (χ1n) is 12.8. The van der Waals surface area contributed by atoms with E-state index in [1.165, 1.54) is 20.3 Å². The van der Waals surface area contributed by atoms with Crippen LogP contribution in [-0.2, 0) is 0 Å². The standard InChI is InChI=1S/C31H34FNO5/c1-19(34)16-33-17-26(30(35)21-8-5-10-23(14-21)37-3)29(25-12-7-13-28(32)20(25)2)27(18-33)31(36)22-9-6-11-24(15-22)38-4/h5-15,19,26-27,29,34H,16-18H2,1-4H3/t19-,26+,27+/m1/s1. The summed E-state index contributed by atoms with van der Waals surface area (Å²) in [7, 11) is 3.08. The van der Waals surface area contributed by atoms with E-state index in [4.69, 9.17) is 9.47 Å². The van der Waals surface area contributed by atoms with E-state index >= 15 is 0 Å². The number of β-amino-alcohol motifs (C(OH)–C–C–N with tert-alkyl or cyclic N) is 1. The second-order valence-electron chi connectivity index (χ2n) is 9.95. The summed E-state index contributed by atoms with van der Waals surface area (Å²) in [4.78, 5) is 30.2. The number of carbonyl (C=O) groups excluding carboxylic acids is 2. The Morgan fingerprint density at radius 2 is 1.42 bits per heavy atom. The fraction of sp³-hybridized carbons (Fsp3) is 0.355. The molecule has 4 rings (SSSR count). The van der Waals surface area contributed by atoms with Crippen molar-refractivity contribution in [1.29, 1.82) is 0 Å². The molecule has 0 unspecified atom stereocenters. The van der Waals surface area contributed by atoms with Crippen LogP contribution in [0.1, 0.15) is 44.7 Å². The molecule has 1 heterocycles. The molecular weight excluding hydrogens is 485 g/mol. The summed E-state index contributed by atoms with van der Waals surface area (Å²) in [5, 5.41) is 10.2. The molecule has 6 nitrogen and oxygen atoms in total. The van der Waals surface area contributed by atoms with Crippen molar-refractivity contribution < 1.29 is 28.6 Å². The zero-order valence-corrected chi connectivity index (χ0v) is 22.2. The first-order chi connectivity index (χ1) is 18.2. The highest BCUT2D eigenvalue weighted by Gasteiger charge is 2.45. The van der Waals surface area contributed by atoms with Crippen LogP contribution in [-0.4, -0.2) is 61.5 Å². The fourth-order valence-electron chi connectivity index (χ4n) is 5.55. The quantitative estimate of drug-likeness (QED) is 0.404. The summed E-state index contributed by atoms with van der Waals surface area (Å²) in [6, 6.07) is 18.7. The van der Waals surface area contributed by atoms with E-state index in [9.17, 15) is 19.1 Å². The normalized spacial score (nSPS) is 19.1. The maximum atomic E-state index is 14.8. The molecular formula is C31H34FNO5. The van der Waals surface area contributed by atoms with Gasteiger partial charge in [0.25, 0.3) is 0 Å². The molecule has 1 N–H and O–H groups in total. The Morgan fingerprint density at radius 3 is 1.89 bits per heavy atom. The van der Waals surface area contributed by atoms with E-state index in [1.54, 1.807) is 68.4 Å². The van der Waals surface area contributed by atoms with Crippen LogP contribution in [0.2, 0.25) is 0 Å². The molecule has 0 radical (unpaired) electrons. The van der Waals surface area contributed by atoms with E-state index in [0.29, 0.717) is 53.4 Å². The lowest BCUT2D eigenvalue weighted by molar-refractivity contribution is 0.0432. The molecule has 1 aliphatic heterocycles. The maximum absolute atomic E-state index is 14.8. The highest BCUT2D eigenvalue weighted by molar-refractivity contribution is 6.02. The van der Waals surface area contributed by atoms with Gasteiger partial charge in [-0.15, -0.1) is 0 Å². The molecule has 0 spiro atoms. The van der Waals surface area contributed by atoms with Crippen LogP contribution in [0, 0.1) is 24.6 Å². The number of carbonyl (C=O) groups is 2. The molecule has 200 valence electrons. The molecule has 3 aromatic carbocycles. The van der Waals surface area contributed by atoms with Crippen molar-refractivity contribution in [2.45, 2.75) is 25.9 Å². The lowest BCUT2D eigenvalue weighted by Crippen LogP contribution is -2.52. The molecule has 1 fully saturated rings. The van der Waals surface area contributed by atoms with Crippen molar-refractivity contribution in [3.63, 3.8) is 0 Å². The minimum absolute atomic E-state index is 0.156. The Hall–Kier alpha value is -3.55. The van der Waals surface area contributed by atoms with Gasteiger partial charge in [0, 0.05) is 48.5 Å². The Balaban J connectivity index is 1.87. The number of rotatable bonds is 9. The molecule has 3 atom stereocenters. The predicted octanol–water partition coefficient (Wildman–Crippen LogP) is 4.93. The van der Waals surface area contributed by atoms with Crippen LogP contribution in [0.15, 0.2) is 66.7 Å². The van der Waals surface area contributed by atoms with E-state index in [1.807, 2.05) is 11.0 Å². The molecule has 0 aliphatic carbocycles. The smallest absolute Gasteiger partial charge is 0.167 e. The van der Waals surface area contributed by atoms with Crippen molar-refractivity contribution >= 4 is 11.6 Å². The number of likely N-dealkylation sites (tertiary alicyclic amines) is 1. The molecule has 0 amide bonds. The van der Waals surface area contributed by atoms with Gasteiger partial charge in [-0.05, 0) is 55.3 Å². The molecule has 1 aliphatic rings. The Bertz CT molecular complexity index is 1240. The number of aliphatic hydroxyl groups is 1. The topological polar surface area (TPSA) is 76.1 Å². The average Bonchev–Trinajstić information content (AvgIpc) is 2.93. The van der Waals surface area contributed by atoms with Crippen LogP contribution >= 0.6 is 0 Å². The van der Waals surface area contributed by atoms with Crippen LogP contribution in [0.4, 0.5) is 4.39 Å². The summed E-state index contributed by atoms with van der Waals surface area (Å²) < 4.78 is 25.5. The lowest BCUT2D eigenvalue weighted by Gasteiger charge is -2.44. The van der Waals surface area contributed by atoms with Crippen molar-refractivity contribution in [3.05, 3.63) is 94.8 Å². The van der Waals surface area contributed by atoms with Gasteiger partial charge in [-0.2, -0.15) is 0 Å². The predicted molar refractivity (Wildman–Crippen MR) is 144 cm³/mol. The van der Waals surface area contributed by atoms with Crippen LogP contribution in [0.25, 0.3) is 0 Å². The van der Waals surface area contributed by atoms with Crippen LogP contribution in [0.5, 0.6) is 11.5 Å². The number of Topliss-reactive ketones (excluding diaryl/α,β-unsaturated/α-hetero) is 2. The molecule has 1 saturated heterocycles. The van der Waals surface area contributed by atoms with E-state index in [2.05, 4.69) is 0 Å². The van der Waals surface area contributed by atoms with E-state index in [-0.39, 0.29) is 17.4 Å². The zero-order chi connectivity index (χ0) is 27.4. The van der Waals surface area contributed by atoms with Crippen molar-refractivity contribution in [3.8, 4) is 11.5 Å². The fourth-order valence-corrected chi connectivity index (χ4v) is 5.55. The number of ketones is 2. The molecule has 7 heteroatoms. The third kappa shape index (κ3) is 5.79. The minimum atomic E-state index is -0.658. The van der Waals surface area contributed by atoms with Gasteiger partial charge >= 0.3 is 0 Å². The number of hydrogen-bond donors (Lipinski definition) is 1. The van der Waals surface area contributed by atoms with Crippen molar-refractivity contribution in [2.75, 3.05) is 33.9 Å². The van der Waals surface area contributed by atoms with Gasteiger partial charge < -0.3 is 14.6 Å². The first-order valence-corrected chi connectivity index (χ1v) is 12.8. The largest absolute Gasteiger partial charge is 0.497 e. The van der Waals surface area contributed by atoms with Gasteiger partial charge in [0.05, 0.1) is 20.3 Å². The maximum Gasteiger partial charge on any atom is 0.167 e. The summed E-state index contributed by atoms with van der Waals surface area (Å²) in [5.41, 5.74) is 1.98. The number of piperidine rings is 1. The summed E-state index contributed by atoms with van der Waals surface area (Å²) in [5.74, 6) is -1.48. The third-order valence-corrected chi connectivity index (χ3v) is 7.35. The number of methoxy groups -OCH3 is 2. The second-order valence-corrected chi connectivity index (χ2v) is 9.95. The SMILES string of the molecule is COc1cccc(C(=O)[C@H]2CN(C[C@@H](C)O)C[C@H](C(=O)c3cccc(OC)c3)C2c2cccc(F)c2C)c1. The number of hydrogen-bond acceptors (Lipinski definition) is 6. The van der Waals surface area contributed by atoms with Gasteiger partial charge in [-0.1, -0.05) is 36.4 Å². The lowest BCUT2D eigenvalue weighted by atomic mass is 9.67. The molecule has 38 heavy (non-hydrogen) atoms. The number of ether oxygens (including phenoxy) is 2. The summed E-state index contributed by atoms with van der Waals surface area (Å²) in [6.45, 7) is 4.32. The van der Waals surface area contributed by atoms with Gasteiger partial charge in [-0.3, -0.25) is 14.5 Å². The molecule has 0 saturated carbocycles. The monoisotopic (exact) mass is 519 g/mol. The zero-order valence-electron chi connectivity index (χ0n) is 22.2. The van der Waals surface area contributed by atoms with Crippen molar-refractivity contribution in [2.24, 2.45) is 11.8 Å². The number of halogens is 1. The molecule has 0 bridgehead atoms. The van der Waals surface area contributed by atoms with Gasteiger partial charge in [-0.25, -0.2) is 4.39 Å². The Kier molecular flexibility index (Phi) is 8.59. The second kappa shape index (κ2) is 11.9. The van der Waals surface area contributed by atoms with Crippen LogP contribution in [0.3, 0.4) is 0 Å². The van der Waals surface area contributed by atoms with Crippen LogP contribution < -0.4 is 9.47 Å². The van der Waals surface area contributed by atoms with Gasteiger partial charge in [0.1, 0.15) is 17.3 Å². The van der Waals surface area contributed by atoms with E-state index < -0.39 is 23.9 Å². The number of aliphatic hydroxyl groups excluding tert-OH is 1. The molecule has 3 aromatic rings. The Labute approximate surface area is 223 Å². The third-order valence-electron chi connectivity index (χ3n) is 7.35. The first kappa shape index (κ1) is 27.5. The average molecular weight is 520 g/mol. The van der Waals surface area contributed by atoms with Gasteiger partial charge in [0.15, 0.2) is 11.6 Å². The number of nitrogens with zero attached hydrogens (tertiary/aromatic N) is 1. The van der Waals surface area contributed by atoms with E-state index in [0.717, 1.165) is 0 Å². The highest BCUT2D eigenvalue weighted by atomic mass is 19.1. The Morgan fingerprint density at radius 1 is 0.921 bits per heavy atom. The number of benzene rings is 3.